The Morgan fingerprint density at radius 3 is 3.00 bits per heavy atom. The average molecular weight is 291 g/mol. The third-order valence-electron chi connectivity index (χ3n) is 4.48. The average Bonchev–Trinajstić information content (AvgIpc) is 2.91. The highest BCUT2D eigenvalue weighted by molar-refractivity contribution is 5.60. The predicted molar refractivity (Wildman–Crippen MR) is 82.9 cm³/mol. The standard InChI is InChI=1S/C17H25NO3/c1-13-3-2-4-17-16(13)5-8-18(17)11-14(19)12-21-15-6-9-20-10-7-15/h2-4,14-15,19H,5-12H2,1H3. The van der Waals surface area contributed by atoms with Crippen molar-refractivity contribution in [1.82, 2.24) is 0 Å². The van der Waals surface area contributed by atoms with E-state index in [9.17, 15) is 5.11 Å². The van der Waals surface area contributed by atoms with E-state index >= 15 is 0 Å². The number of aryl methyl sites for hydroxylation is 1. The van der Waals surface area contributed by atoms with E-state index < -0.39 is 6.10 Å². The number of anilines is 1. The third kappa shape index (κ3) is 3.57. The molecule has 2 heterocycles. The lowest BCUT2D eigenvalue weighted by atomic mass is 10.1. The van der Waals surface area contributed by atoms with E-state index in [1.54, 1.807) is 0 Å². The smallest absolute Gasteiger partial charge is 0.0948 e. The van der Waals surface area contributed by atoms with Crippen molar-refractivity contribution in [2.24, 2.45) is 0 Å². The summed E-state index contributed by atoms with van der Waals surface area (Å²) < 4.78 is 11.1. The van der Waals surface area contributed by atoms with Gasteiger partial charge in [-0.15, -0.1) is 0 Å². The van der Waals surface area contributed by atoms with Crippen LogP contribution in [0.3, 0.4) is 0 Å². The van der Waals surface area contributed by atoms with Gasteiger partial charge < -0.3 is 19.5 Å². The molecule has 4 nitrogen and oxygen atoms in total. The maximum atomic E-state index is 10.2. The highest BCUT2D eigenvalue weighted by Gasteiger charge is 2.23. The van der Waals surface area contributed by atoms with Crippen molar-refractivity contribution in [3.05, 3.63) is 29.3 Å². The fraction of sp³-hybridized carbons (Fsp3) is 0.647. The number of hydrogen-bond donors (Lipinski definition) is 1. The number of aliphatic hydroxyl groups is 1. The summed E-state index contributed by atoms with van der Waals surface area (Å²) >= 11 is 0. The van der Waals surface area contributed by atoms with Crippen LogP contribution in [0, 0.1) is 6.92 Å². The lowest BCUT2D eigenvalue weighted by molar-refractivity contribution is -0.0574. The van der Waals surface area contributed by atoms with E-state index in [4.69, 9.17) is 9.47 Å². The summed E-state index contributed by atoms with van der Waals surface area (Å²) in [6, 6.07) is 6.41. The Morgan fingerprint density at radius 1 is 1.38 bits per heavy atom. The second-order valence-electron chi connectivity index (χ2n) is 6.07. The van der Waals surface area contributed by atoms with E-state index in [-0.39, 0.29) is 6.10 Å². The largest absolute Gasteiger partial charge is 0.389 e. The zero-order valence-electron chi connectivity index (χ0n) is 12.8. The molecule has 4 heteroatoms. The molecule has 0 aromatic heterocycles. The molecule has 1 aromatic carbocycles. The Bertz CT molecular complexity index is 471. The van der Waals surface area contributed by atoms with Crippen molar-refractivity contribution < 1.29 is 14.6 Å². The van der Waals surface area contributed by atoms with Crippen LogP contribution in [-0.2, 0) is 15.9 Å². The molecule has 21 heavy (non-hydrogen) atoms. The van der Waals surface area contributed by atoms with Gasteiger partial charge in [-0.25, -0.2) is 0 Å². The number of ether oxygens (including phenoxy) is 2. The zero-order valence-corrected chi connectivity index (χ0v) is 12.8. The lowest BCUT2D eigenvalue weighted by Gasteiger charge is -2.26. The molecule has 2 aliphatic rings. The Morgan fingerprint density at radius 2 is 2.19 bits per heavy atom. The number of hydrogen-bond acceptors (Lipinski definition) is 4. The molecule has 1 unspecified atom stereocenters. The first-order valence-electron chi connectivity index (χ1n) is 7.95. The van der Waals surface area contributed by atoms with E-state index in [0.717, 1.165) is 39.0 Å². The van der Waals surface area contributed by atoms with E-state index in [1.165, 1.54) is 16.8 Å². The number of fused-ring (bicyclic) bond motifs is 1. The molecule has 0 aliphatic carbocycles. The van der Waals surface area contributed by atoms with E-state index in [0.29, 0.717) is 13.2 Å². The molecule has 1 fully saturated rings. The maximum Gasteiger partial charge on any atom is 0.0948 e. The highest BCUT2D eigenvalue weighted by Crippen LogP contribution is 2.30. The van der Waals surface area contributed by atoms with Crippen molar-refractivity contribution in [2.75, 3.05) is 37.8 Å². The Hall–Kier alpha value is -1.10. The van der Waals surface area contributed by atoms with Crippen LogP contribution >= 0.6 is 0 Å². The summed E-state index contributed by atoms with van der Waals surface area (Å²) in [5.74, 6) is 0. The molecule has 1 saturated heterocycles. The topological polar surface area (TPSA) is 41.9 Å². The molecule has 1 N–H and O–H groups in total. The minimum absolute atomic E-state index is 0.251. The molecule has 1 atom stereocenters. The fourth-order valence-corrected chi connectivity index (χ4v) is 3.26. The monoisotopic (exact) mass is 291 g/mol. The van der Waals surface area contributed by atoms with Gasteiger partial charge in [0.05, 0.1) is 18.8 Å². The molecular formula is C17H25NO3. The molecule has 116 valence electrons. The highest BCUT2D eigenvalue weighted by atomic mass is 16.5. The van der Waals surface area contributed by atoms with Gasteiger partial charge in [0.25, 0.3) is 0 Å². The zero-order chi connectivity index (χ0) is 14.7. The molecule has 0 amide bonds. The summed E-state index contributed by atoms with van der Waals surface area (Å²) in [5, 5.41) is 10.2. The van der Waals surface area contributed by atoms with Crippen molar-refractivity contribution in [2.45, 2.75) is 38.4 Å². The maximum absolute atomic E-state index is 10.2. The predicted octanol–water partition coefficient (Wildman–Crippen LogP) is 1.91. The first-order valence-corrected chi connectivity index (χ1v) is 7.95. The number of nitrogens with zero attached hydrogens (tertiary/aromatic N) is 1. The fourth-order valence-electron chi connectivity index (χ4n) is 3.26. The van der Waals surface area contributed by atoms with Gasteiger partial charge in [-0.2, -0.15) is 0 Å². The molecular weight excluding hydrogens is 266 g/mol. The number of rotatable bonds is 5. The van der Waals surface area contributed by atoms with Crippen LogP contribution in [0.25, 0.3) is 0 Å². The Kier molecular flexibility index (Phi) is 4.78. The minimum atomic E-state index is -0.431. The molecule has 0 radical (unpaired) electrons. The van der Waals surface area contributed by atoms with Crippen molar-refractivity contribution in [1.29, 1.82) is 0 Å². The van der Waals surface area contributed by atoms with Crippen molar-refractivity contribution in [3.63, 3.8) is 0 Å². The first-order chi connectivity index (χ1) is 10.2. The van der Waals surface area contributed by atoms with Crippen molar-refractivity contribution >= 4 is 5.69 Å². The van der Waals surface area contributed by atoms with Gasteiger partial charge in [0.1, 0.15) is 0 Å². The molecule has 2 aliphatic heterocycles. The summed E-state index contributed by atoms with van der Waals surface area (Å²) in [5.41, 5.74) is 4.05. The second kappa shape index (κ2) is 6.77. The molecule has 0 saturated carbocycles. The number of aliphatic hydroxyl groups excluding tert-OH is 1. The first kappa shape index (κ1) is 14.8. The summed E-state index contributed by atoms with van der Waals surface area (Å²) in [6.45, 7) is 5.78. The van der Waals surface area contributed by atoms with Gasteiger partial charge in [-0.1, -0.05) is 12.1 Å². The van der Waals surface area contributed by atoms with Gasteiger partial charge in [0.2, 0.25) is 0 Å². The van der Waals surface area contributed by atoms with E-state index in [2.05, 4.69) is 30.0 Å². The minimum Gasteiger partial charge on any atom is -0.389 e. The van der Waals surface area contributed by atoms with Crippen LogP contribution in [0.15, 0.2) is 18.2 Å². The van der Waals surface area contributed by atoms with Crippen LogP contribution in [0.5, 0.6) is 0 Å². The lowest BCUT2D eigenvalue weighted by Crippen LogP contribution is -2.35. The Labute approximate surface area is 126 Å². The Balaban J connectivity index is 1.50. The van der Waals surface area contributed by atoms with Crippen molar-refractivity contribution in [3.8, 4) is 0 Å². The van der Waals surface area contributed by atoms with E-state index in [1.807, 2.05) is 0 Å². The normalized spacial score (nSPS) is 20.6. The third-order valence-corrected chi connectivity index (χ3v) is 4.48. The van der Waals surface area contributed by atoms with Crippen LogP contribution in [0.2, 0.25) is 0 Å². The van der Waals surface area contributed by atoms with Crippen LogP contribution in [-0.4, -0.2) is 50.2 Å². The van der Waals surface area contributed by atoms with Crippen LogP contribution in [0.4, 0.5) is 5.69 Å². The molecule has 0 spiro atoms. The summed E-state index contributed by atoms with van der Waals surface area (Å²) in [4.78, 5) is 2.28. The van der Waals surface area contributed by atoms with Gasteiger partial charge in [0, 0.05) is 32.0 Å². The number of β-amino-alcohol motifs (C(OH)–C–C–N with tert-alkyl or cyclic N) is 1. The second-order valence-corrected chi connectivity index (χ2v) is 6.07. The molecule has 1 aromatic rings. The van der Waals surface area contributed by atoms with Gasteiger partial charge in [0.15, 0.2) is 0 Å². The summed E-state index contributed by atoms with van der Waals surface area (Å²) in [7, 11) is 0. The number of benzene rings is 1. The van der Waals surface area contributed by atoms with Crippen LogP contribution in [0.1, 0.15) is 24.0 Å². The SMILES string of the molecule is Cc1cccc2c1CCN2CC(O)COC1CCOCC1. The van der Waals surface area contributed by atoms with Gasteiger partial charge in [-0.3, -0.25) is 0 Å². The summed E-state index contributed by atoms with van der Waals surface area (Å²) in [6.07, 6.45) is 2.78. The molecule has 0 bridgehead atoms. The van der Waals surface area contributed by atoms with Crippen LogP contribution < -0.4 is 4.90 Å². The quantitative estimate of drug-likeness (QED) is 0.900. The van der Waals surface area contributed by atoms with Gasteiger partial charge in [-0.05, 0) is 43.4 Å². The van der Waals surface area contributed by atoms with Gasteiger partial charge >= 0.3 is 0 Å². The molecule has 3 rings (SSSR count).